The van der Waals surface area contributed by atoms with Crippen LogP contribution in [0.5, 0.6) is 11.5 Å². The fourth-order valence-electron chi connectivity index (χ4n) is 4.11. The fourth-order valence-corrected chi connectivity index (χ4v) is 4.11. The van der Waals surface area contributed by atoms with Crippen LogP contribution in [0.15, 0.2) is 66.7 Å². The average molecular weight is 443 g/mol. The van der Waals surface area contributed by atoms with Crippen LogP contribution in [0.3, 0.4) is 0 Å². The second-order valence-electron chi connectivity index (χ2n) is 9.06. The van der Waals surface area contributed by atoms with Gasteiger partial charge in [0.1, 0.15) is 11.5 Å². The van der Waals surface area contributed by atoms with Crippen molar-refractivity contribution in [1.29, 1.82) is 0 Å². The van der Waals surface area contributed by atoms with E-state index in [0.717, 1.165) is 28.1 Å². The monoisotopic (exact) mass is 442 g/mol. The molecule has 170 valence electrons. The molecule has 0 spiro atoms. The number of carbonyl (C=O) groups excluding carboxylic acids is 2. The van der Waals surface area contributed by atoms with E-state index < -0.39 is 0 Å². The molecule has 0 radical (unpaired) electrons. The number of carbonyl (C=O) groups is 2. The third-order valence-corrected chi connectivity index (χ3v) is 5.95. The lowest BCUT2D eigenvalue weighted by Gasteiger charge is -2.17. The van der Waals surface area contributed by atoms with Gasteiger partial charge in [-0.15, -0.1) is 0 Å². The van der Waals surface area contributed by atoms with Crippen molar-refractivity contribution in [3.63, 3.8) is 0 Å². The van der Waals surface area contributed by atoms with Crippen LogP contribution in [0.1, 0.15) is 42.9 Å². The smallest absolute Gasteiger partial charge is 0.229 e. The Morgan fingerprint density at radius 3 is 2.42 bits per heavy atom. The predicted octanol–water partition coefficient (Wildman–Crippen LogP) is 6.21. The van der Waals surface area contributed by atoms with E-state index in [0.29, 0.717) is 23.9 Å². The first-order valence-electron chi connectivity index (χ1n) is 11.4. The molecule has 33 heavy (non-hydrogen) atoms. The molecule has 5 nitrogen and oxygen atoms in total. The summed E-state index contributed by atoms with van der Waals surface area (Å²) in [6, 6.07) is 21.4. The highest BCUT2D eigenvalue weighted by molar-refractivity contribution is 6.03. The van der Waals surface area contributed by atoms with Crippen molar-refractivity contribution < 1.29 is 14.3 Å². The molecule has 1 atom stereocenters. The lowest BCUT2D eigenvalue weighted by molar-refractivity contribution is -0.122. The van der Waals surface area contributed by atoms with Crippen LogP contribution in [0.25, 0.3) is 0 Å². The van der Waals surface area contributed by atoms with Gasteiger partial charge in [0.05, 0.1) is 5.92 Å². The van der Waals surface area contributed by atoms with Crippen molar-refractivity contribution >= 4 is 23.2 Å². The number of anilines is 2. The van der Waals surface area contributed by atoms with Crippen molar-refractivity contribution in [3.05, 3.63) is 83.4 Å². The zero-order valence-corrected chi connectivity index (χ0v) is 19.6. The van der Waals surface area contributed by atoms with Gasteiger partial charge in [-0.2, -0.15) is 0 Å². The summed E-state index contributed by atoms with van der Waals surface area (Å²) < 4.78 is 6.13. The van der Waals surface area contributed by atoms with E-state index in [1.165, 1.54) is 0 Å². The normalized spacial score (nSPS) is 15.7. The van der Waals surface area contributed by atoms with Crippen LogP contribution in [0.4, 0.5) is 11.4 Å². The predicted molar refractivity (Wildman–Crippen MR) is 132 cm³/mol. The van der Waals surface area contributed by atoms with Crippen LogP contribution in [0.2, 0.25) is 0 Å². The molecule has 1 N–H and O–H groups in total. The Kier molecular flexibility index (Phi) is 6.50. The van der Waals surface area contributed by atoms with E-state index in [-0.39, 0.29) is 24.2 Å². The molecule has 5 heteroatoms. The number of amides is 2. The summed E-state index contributed by atoms with van der Waals surface area (Å²) in [5.41, 5.74) is 4.91. The summed E-state index contributed by atoms with van der Waals surface area (Å²) in [6.45, 7) is 8.71. The van der Waals surface area contributed by atoms with E-state index in [1.54, 1.807) is 4.90 Å². The zero-order valence-electron chi connectivity index (χ0n) is 19.6. The maximum atomic E-state index is 12.8. The fraction of sp³-hybridized carbons (Fsp3) is 0.286. The summed E-state index contributed by atoms with van der Waals surface area (Å²) in [5.74, 6) is 1.36. The number of nitrogens with zero attached hydrogens (tertiary/aromatic N) is 1. The first-order valence-corrected chi connectivity index (χ1v) is 11.4. The summed E-state index contributed by atoms with van der Waals surface area (Å²) in [4.78, 5) is 27.0. The van der Waals surface area contributed by atoms with E-state index in [9.17, 15) is 9.59 Å². The van der Waals surface area contributed by atoms with Gasteiger partial charge >= 0.3 is 0 Å². The Morgan fingerprint density at radius 2 is 1.73 bits per heavy atom. The molecule has 0 saturated carbocycles. The molecule has 0 unspecified atom stereocenters. The number of aryl methyl sites for hydroxylation is 2. The maximum absolute atomic E-state index is 12.8. The van der Waals surface area contributed by atoms with Gasteiger partial charge in [-0.3, -0.25) is 9.59 Å². The van der Waals surface area contributed by atoms with Gasteiger partial charge in [0.25, 0.3) is 0 Å². The molecule has 4 rings (SSSR count). The zero-order chi connectivity index (χ0) is 23.5. The maximum Gasteiger partial charge on any atom is 0.229 e. The largest absolute Gasteiger partial charge is 0.457 e. The number of hydrogen-bond acceptors (Lipinski definition) is 3. The average Bonchev–Trinajstić information content (AvgIpc) is 3.17. The van der Waals surface area contributed by atoms with E-state index in [4.69, 9.17) is 4.74 Å². The van der Waals surface area contributed by atoms with E-state index in [2.05, 4.69) is 31.3 Å². The van der Waals surface area contributed by atoms with Gasteiger partial charge in [0, 0.05) is 24.3 Å². The standard InChI is InChI=1S/C28H30N2O3/c1-18(2)25-13-8-20(4)15-26(25)33-24-11-9-22(10-12-24)29-28(32)21-16-27(31)30(17-21)23-7-5-6-19(3)14-23/h5-15,18,21H,16-17H2,1-4H3,(H,29,32)/t21-/m0/s1. The summed E-state index contributed by atoms with van der Waals surface area (Å²) in [5, 5.41) is 2.94. The number of nitrogens with one attached hydrogen (secondary N) is 1. The molecule has 2 amide bonds. The number of benzene rings is 3. The van der Waals surface area contributed by atoms with Crippen molar-refractivity contribution in [2.75, 3.05) is 16.8 Å². The van der Waals surface area contributed by atoms with Gasteiger partial charge in [0.2, 0.25) is 11.8 Å². The van der Waals surface area contributed by atoms with Crippen LogP contribution in [-0.2, 0) is 9.59 Å². The third kappa shape index (κ3) is 5.25. The second kappa shape index (κ2) is 9.49. The Balaban J connectivity index is 1.40. The third-order valence-electron chi connectivity index (χ3n) is 5.95. The molecule has 3 aromatic carbocycles. The van der Waals surface area contributed by atoms with Crippen molar-refractivity contribution in [3.8, 4) is 11.5 Å². The summed E-state index contributed by atoms with van der Waals surface area (Å²) >= 11 is 0. The lowest BCUT2D eigenvalue weighted by Crippen LogP contribution is -2.28. The Bertz CT molecular complexity index is 1170. The highest BCUT2D eigenvalue weighted by Crippen LogP contribution is 2.32. The summed E-state index contributed by atoms with van der Waals surface area (Å²) in [7, 11) is 0. The van der Waals surface area contributed by atoms with E-state index >= 15 is 0 Å². The number of ether oxygens (including phenoxy) is 1. The molecule has 0 aliphatic carbocycles. The van der Waals surface area contributed by atoms with Gasteiger partial charge in [-0.25, -0.2) is 0 Å². The highest BCUT2D eigenvalue weighted by atomic mass is 16.5. The number of rotatable bonds is 6. The van der Waals surface area contributed by atoms with Gasteiger partial charge in [-0.1, -0.05) is 38.1 Å². The van der Waals surface area contributed by atoms with Crippen LogP contribution < -0.4 is 15.0 Å². The Hall–Kier alpha value is -3.60. The Labute approximate surface area is 195 Å². The van der Waals surface area contributed by atoms with Crippen molar-refractivity contribution in [2.45, 2.75) is 40.0 Å². The quantitative estimate of drug-likeness (QED) is 0.494. The second-order valence-corrected chi connectivity index (χ2v) is 9.06. The Morgan fingerprint density at radius 1 is 1.00 bits per heavy atom. The van der Waals surface area contributed by atoms with Gasteiger partial charge < -0.3 is 15.0 Å². The molecule has 1 fully saturated rings. The first-order chi connectivity index (χ1) is 15.8. The molecule has 0 bridgehead atoms. The molecule has 1 heterocycles. The van der Waals surface area contributed by atoms with Crippen LogP contribution >= 0.6 is 0 Å². The lowest BCUT2D eigenvalue weighted by atomic mass is 10.0. The molecule has 3 aromatic rings. The molecular formula is C28H30N2O3. The van der Waals surface area contributed by atoms with Crippen molar-refractivity contribution in [2.24, 2.45) is 5.92 Å². The topological polar surface area (TPSA) is 58.6 Å². The summed E-state index contributed by atoms with van der Waals surface area (Å²) in [6.07, 6.45) is 0.215. The molecule has 1 aliphatic rings. The minimum atomic E-state index is -0.380. The van der Waals surface area contributed by atoms with Gasteiger partial charge in [0.15, 0.2) is 0 Å². The molecule has 1 saturated heterocycles. The van der Waals surface area contributed by atoms with E-state index in [1.807, 2.05) is 68.4 Å². The van der Waals surface area contributed by atoms with Crippen molar-refractivity contribution in [1.82, 2.24) is 0 Å². The first kappa shape index (κ1) is 22.6. The number of hydrogen-bond donors (Lipinski definition) is 1. The minimum Gasteiger partial charge on any atom is -0.457 e. The van der Waals surface area contributed by atoms with Crippen LogP contribution in [0, 0.1) is 19.8 Å². The van der Waals surface area contributed by atoms with Crippen LogP contribution in [-0.4, -0.2) is 18.4 Å². The highest BCUT2D eigenvalue weighted by Gasteiger charge is 2.35. The minimum absolute atomic E-state index is 0.0244. The van der Waals surface area contributed by atoms with Gasteiger partial charge in [-0.05, 0) is 78.9 Å². The molecule has 0 aromatic heterocycles. The molecule has 1 aliphatic heterocycles. The molecular weight excluding hydrogens is 412 g/mol. The SMILES string of the molecule is Cc1cccc(N2C[C@@H](C(=O)Nc3ccc(Oc4cc(C)ccc4C(C)C)cc3)CC2=O)c1.